The lowest BCUT2D eigenvalue weighted by molar-refractivity contribution is 0.0861. The van der Waals surface area contributed by atoms with Crippen molar-refractivity contribution in [1.29, 1.82) is 0 Å². The normalized spacial score (nSPS) is 10.4. The quantitative estimate of drug-likeness (QED) is 0.684. The van der Waals surface area contributed by atoms with Gasteiger partial charge in [0.2, 0.25) is 0 Å². The van der Waals surface area contributed by atoms with Gasteiger partial charge < -0.3 is 14.9 Å². The zero-order valence-electron chi connectivity index (χ0n) is 15.8. The maximum absolute atomic E-state index is 12.6. The first-order chi connectivity index (χ1) is 13.6. The second-order valence-corrected chi connectivity index (χ2v) is 6.16. The maximum atomic E-state index is 12.6. The van der Waals surface area contributed by atoms with Crippen molar-refractivity contribution in [2.24, 2.45) is 0 Å². The van der Waals surface area contributed by atoms with Crippen molar-refractivity contribution in [2.75, 3.05) is 11.9 Å². The Labute approximate surface area is 163 Å². The average molecular weight is 378 g/mol. The Bertz CT molecular complexity index is 1010. The number of amides is 1. The summed E-state index contributed by atoms with van der Waals surface area (Å²) in [7, 11) is 0. The molecular formula is C22H22N2O4. The van der Waals surface area contributed by atoms with Gasteiger partial charge >= 0.3 is 0 Å². The predicted octanol–water partition coefficient (Wildman–Crippen LogP) is 3.44. The number of hydrogen-bond donors (Lipinski definition) is 1. The lowest BCUT2D eigenvalue weighted by Crippen LogP contribution is -2.32. The minimum Gasteiger partial charge on any atom is -0.494 e. The van der Waals surface area contributed by atoms with E-state index in [-0.39, 0.29) is 12.2 Å². The van der Waals surface area contributed by atoms with Gasteiger partial charge in [0.1, 0.15) is 17.9 Å². The molecule has 6 heteroatoms. The molecule has 0 saturated carbocycles. The van der Waals surface area contributed by atoms with Gasteiger partial charge in [-0.3, -0.25) is 9.59 Å². The number of aromatic nitrogens is 1. The van der Waals surface area contributed by atoms with Crippen molar-refractivity contribution >= 4 is 11.6 Å². The summed E-state index contributed by atoms with van der Waals surface area (Å²) >= 11 is 0. The first kappa shape index (κ1) is 19.2. The van der Waals surface area contributed by atoms with Gasteiger partial charge in [-0.1, -0.05) is 24.3 Å². The summed E-state index contributed by atoms with van der Waals surface area (Å²) in [6, 6.07) is 17.8. The zero-order valence-corrected chi connectivity index (χ0v) is 15.8. The monoisotopic (exact) mass is 378 g/mol. The molecule has 0 atom stereocenters. The largest absolute Gasteiger partial charge is 0.494 e. The van der Waals surface area contributed by atoms with Gasteiger partial charge in [-0.2, -0.15) is 4.73 Å². The van der Waals surface area contributed by atoms with Gasteiger partial charge in [0.15, 0.2) is 0 Å². The molecule has 0 aliphatic carbocycles. The van der Waals surface area contributed by atoms with Gasteiger partial charge in [-0.05, 0) is 61.4 Å². The number of anilines is 1. The summed E-state index contributed by atoms with van der Waals surface area (Å²) in [6.45, 7) is 4.67. The Morgan fingerprint density at radius 1 is 1.04 bits per heavy atom. The van der Waals surface area contributed by atoms with E-state index in [2.05, 4.69) is 5.32 Å². The second-order valence-electron chi connectivity index (χ2n) is 6.16. The van der Waals surface area contributed by atoms with Crippen LogP contribution in [0.15, 0.2) is 71.7 Å². The molecule has 0 bridgehead atoms. The number of benzene rings is 2. The minimum atomic E-state index is -0.514. The van der Waals surface area contributed by atoms with E-state index in [1.54, 1.807) is 30.3 Å². The van der Waals surface area contributed by atoms with Crippen molar-refractivity contribution in [3.8, 4) is 5.75 Å². The van der Waals surface area contributed by atoms with Crippen LogP contribution in [0.3, 0.4) is 0 Å². The lowest BCUT2D eigenvalue weighted by Gasteiger charge is -2.11. The minimum absolute atomic E-state index is 0.00108. The van der Waals surface area contributed by atoms with Gasteiger partial charge in [0, 0.05) is 11.9 Å². The van der Waals surface area contributed by atoms with Gasteiger partial charge in [0.25, 0.3) is 11.5 Å². The van der Waals surface area contributed by atoms with Crippen LogP contribution in [-0.2, 0) is 6.61 Å². The molecule has 1 heterocycles. The van der Waals surface area contributed by atoms with Crippen LogP contribution in [0.4, 0.5) is 5.69 Å². The van der Waals surface area contributed by atoms with Crippen LogP contribution in [0.25, 0.3) is 0 Å². The smallest absolute Gasteiger partial charge is 0.295 e. The van der Waals surface area contributed by atoms with Crippen LogP contribution in [0.1, 0.15) is 28.4 Å². The van der Waals surface area contributed by atoms with E-state index in [1.807, 2.05) is 38.1 Å². The third kappa shape index (κ3) is 4.59. The molecule has 3 rings (SSSR count). The highest BCUT2D eigenvalue weighted by molar-refractivity contribution is 6.03. The Morgan fingerprint density at radius 3 is 2.50 bits per heavy atom. The molecule has 28 heavy (non-hydrogen) atoms. The molecule has 0 aliphatic heterocycles. The fourth-order valence-electron chi connectivity index (χ4n) is 2.66. The molecule has 6 nitrogen and oxygen atoms in total. The summed E-state index contributed by atoms with van der Waals surface area (Å²) in [5.41, 5.74) is 2.10. The van der Waals surface area contributed by atoms with E-state index in [0.717, 1.165) is 15.9 Å². The van der Waals surface area contributed by atoms with Crippen LogP contribution < -0.4 is 20.5 Å². The topological polar surface area (TPSA) is 69.6 Å². The van der Waals surface area contributed by atoms with E-state index >= 15 is 0 Å². The van der Waals surface area contributed by atoms with E-state index in [1.165, 1.54) is 12.3 Å². The van der Waals surface area contributed by atoms with E-state index in [0.29, 0.717) is 18.0 Å². The number of carbonyl (C=O) groups is 1. The molecule has 0 spiro atoms. The molecule has 1 N–H and O–H groups in total. The number of carbonyl (C=O) groups excluding carboxylic acids is 1. The standard InChI is InChI=1S/C22H22N2O4/c1-3-27-19-12-10-18(11-13-19)23-21(25)20-9-6-14-24(22(20)26)28-15-17-8-5-4-7-16(17)2/h4-14H,3,15H2,1-2H3,(H,23,25). The first-order valence-electron chi connectivity index (χ1n) is 9.02. The summed E-state index contributed by atoms with van der Waals surface area (Å²) in [6.07, 6.45) is 1.49. The molecule has 3 aromatic rings. The molecule has 144 valence electrons. The Balaban J connectivity index is 1.72. The van der Waals surface area contributed by atoms with Crippen LogP contribution in [0, 0.1) is 6.92 Å². The van der Waals surface area contributed by atoms with Crippen LogP contribution in [0.5, 0.6) is 5.75 Å². The highest BCUT2D eigenvalue weighted by Crippen LogP contribution is 2.16. The summed E-state index contributed by atoms with van der Waals surface area (Å²) < 4.78 is 6.46. The van der Waals surface area contributed by atoms with Crippen molar-refractivity contribution < 1.29 is 14.4 Å². The summed E-state index contributed by atoms with van der Waals surface area (Å²) in [4.78, 5) is 30.7. The molecule has 0 aliphatic rings. The molecular weight excluding hydrogens is 356 g/mol. The SMILES string of the molecule is CCOc1ccc(NC(=O)c2cccn(OCc3ccccc3C)c2=O)cc1. The van der Waals surface area contributed by atoms with Gasteiger partial charge in [-0.25, -0.2) is 0 Å². The molecule has 0 radical (unpaired) electrons. The number of pyridine rings is 1. The maximum Gasteiger partial charge on any atom is 0.295 e. The van der Waals surface area contributed by atoms with Crippen molar-refractivity contribution in [3.05, 3.63) is 93.9 Å². The number of rotatable bonds is 7. The van der Waals surface area contributed by atoms with Crippen molar-refractivity contribution in [1.82, 2.24) is 4.73 Å². The predicted molar refractivity (Wildman–Crippen MR) is 108 cm³/mol. The van der Waals surface area contributed by atoms with E-state index in [4.69, 9.17) is 9.57 Å². The number of nitrogens with zero attached hydrogens (tertiary/aromatic N) is 1. The highest BCUT2D eigenvalue weighted by Gasteiger charge is 2.13. The second kappa shape index (κ2) is 8.90. The number of aryl methyl sites for hydroxylation is 1. The first-order valence-corrected chi connectivity index (χ1v) is 9.02. The number of ether oxygens (including phenoxy) is 1. The zero-order chi connectivity index (χ0) is 19.9. The third-order valence-electron chi connectivity index (χ3n) is 4.20. The lowest BCUT2D eigenvalue weighted by atomic mass is 10.1. The fourth-order valence-corrected chi connectivity index (χ4v) is 2.66. The van der Waals surface area contributed by atoms with Crippen LogP contribution >= 0.6 is 0 Å². The van der Waals surface area contributed by atoms with E-state index in [9.17, 15) is 9.59 Å². The average Bonchev–Trinajstić information content (AvgIpc) is 2.70. The molecule has 0 unspecified atom stereocenters. The van der Waals surface area contributed by atoms with Crippen LogP contribution in [0.2, 0.25) is 0 Å². The summed E-state index contributed by atoms with van der Waals surface area (Å²) in [5, 5.41) is 2.72. The van der Waals surface area contributed by atoms with E-state index < -0.39 is 11.5 Å². The Kier molecular flexibility index (Phi) is 6.11. The van der Waals surface area contributed by atoms with Gasteiger partial charge in [-0.15, -0.1) is 0 Å². The number of nitrogens with one attached hydrogen (secondary N) is 1. The van der Waals surface area contributed by atoms with Gasteiger partial charge in [0.05, 0.1) is 6.61 Å². The van der Waals surface area contributed by atoms with Crippen molar-refractivity contribution in [3.63, 3.8) is 0 Å². The van der Waals surface area contributed by atoms with Crippen molar-refractivity contribution in [2.45, 2.75) is 20.5 Å². The molecule has 0 fully saturated rings. The molecule has 1 amide bonds. The third-order valence-corrected chi connectivity index (χ3v) is 4.20. The summed E-state index contributed by atoms with van der Waals surface area (Å²) in [5.74, 6) is 0.218. The Morgan fingerprint density at radius 2 is 1.79 bits per heavy atom. The molecule has 2 aromatic carbocycles. The molecule has 1 aromatic heterocycles. The Hall–Kier alpha value is -3.54. The van der Waals surface area contributed by atoms with Crippen LogP contribution in [-0.4, -0.2) is 17.2 Å². The highest BCUT2D eigenvalue weighted by atomic mass is 16.7. The molecule has 0 saturated heterocycles. The number of hydrogen-bond acceptors (Lipinski definition) is 4. The fraction of sp³-hybridized carbons (Fsp3) is 0.182.